The zero-order valence-corrected chi connectivity index (χ0v) is 11.8. The van der Waals surface area contributed by atoms with E-state index in [2.05, 4.69) is 22.1 Å². The fourth-order valence-corrected chi connectivity index (χ4v) is 3.52. The van der Waals surface area contributed by atoms with Crippen LogP contribution in [0.4, 0.5) is 0 Å². The lowest BCUT2D eigenvalue weighted by Gasteiger charge is -2.19. The van der Waals surface area contributed by atoms with Crippen molar-refractivity contribution >= 4 is 10.0 Å². The summed E-state index contributed by atoms with van der Waals surface area (Å²) in [6.45, 7) is 8.19. The average Bonchev–Trinajstić information content (AvgIpc) is 2.68. The predicted octanol–water partition coefficient (Wildman–Crippen LogP) is 0.634. The Balaban J connectivity index is 3.26. The number of nitrogens with one attached hydrogen (secondary N) is 2. The number of aryl methyl sites for hydroxylation is 1. The minimum absolute atomic E-state index is 0.264. The number of aromatic amines is 1. The van der Waals surface area contributed by atoms with Crippen molar-refractivity contribution in [3.05, 3.63) is 24.0 Å². The second kappa shape index (κ2) is 6.12. The number of nitrogens with zero attached hydrogens (tertiary/aromatic N) is 2. The van der Waals surface area contributed by atoms with Gasteiger partial charge in [-0.05, 0) is 14.0 Å². The van der Waals surface area contributed by atoms with Crippen molar-refractivity contribution in [2.45, 2.75) is 25.3 Å². The van der Waals surface area contributed by atoms with Gasteiger partial charge in [-0.3, -0.25) is 5.10 Å². The Bertz CT molecular complexity index is 507. The summed E-state index contributed by atoms with van der Waals surface area (Å²) in [5, 5.41) is 9.67. The van der Waals surface area contributed by atoms with Gasteiger partial charge in [-0.25, -0.2) is 8.42 Å². The van der Waals surface area contributed by atoms with Crippen LogP contribution in [0.15, 0.2) is 17.6 Å². The first-order chi connectivity index (χ1) is 8.48. The molecule has 1 rings (SSSR count). The van der Waals surface area contributed by atoms with Gasteiger partial charge in [0.05, 0.1) is 11.4 Å². The van der Waals surface area contributed by atoms with Gasteiger partial charge in [-0.15, -0.1) is 6.58 Å². The molecule has 18 heavy (non-hydrogen) atoms. The summed E-state index contributed by atoms with van der Waals surface area (Å²) >= 11 is 0. The number of hydrogen-bond donors (Lipinski definition) is 2. The van der Waals surface area contributed by atoms with Crippen molar-refractivity contribution in [1.29, 1.82) is 0 Å². The van der Waals surface area contributed by atoms with E-state index in [-0.39, 0.29) is 4.90 Å². The monoisotopic (exact) mass is 272 g/mol. The summed E-state index contributed by atoms with van der Waals surface area (Å²) in [5.41, 5.74) is 1.07. The molecule has 6 nitrogen and oxygen atoms in total. The van der Waals surface area contributed by atoms with E-state index < -0.39 is 10.0 Å². The van der Waals surface area contributed by atoms with Crippen LogP contribution in [0, 0.1) is 6.92 Å². The van der Waals surface area contributed by atoms with Crippen LogP contribution in [0.25, 0.3) is 0 Å². The van der Waals surface area contributed by atoms with Gasteiger partial charge in [-0.2, -0.15) is 9.40 Å². The third-order valence-electron chi connectivity index (χ3n) is 2.59. The molecule has 0 aliphatic rings. The van der Waals surface area contributed by atoms with Gasteiger partial charge < -0.3 is 5.32 Å². The molecule has 1 heterocycles. The van der Waals surface area contributed by atoms with E-state index in [1.54, 1.807) is 27.0 Å². The minimum atomic E-state index is -3.53. The van der Waals surface area contributed by atoms with Crippen LogP contribution in [0.3, 0.4) is 0 Å². The Hall–Kier alpha value is -1.18. The zero-order chi connectivity index (χ0) is 13.8. The summed E-state index contributed by atoms with van der Waals surface area (Å²) in [4.78, 5) is 0.264. The van der Waals surface area contributed by atoms with Crippen molar-refractivity contribution < 1.29 is 8.42 Å². The van der Waals surface area contributed by atoms with Gasteiger partial charge in [0, 0.05) is 19.6 Å². The van der Waals surface area contributed by atoms with Crippen molar-refractivity contribution in [1.82, 2.24) is 19.8 Å². The average molecular weight is 272 g/mol. The SMILES string of the molecule is C=CCN(CC)S(=O)(=O)c1c(CNC)n[nH]c1C. The van der Waals surface area contributed by atoms with Crippen LogP contribution < -0.4 is 5.32 Å². The Labute approximate surface area is 108 Å². The van der Waals surface area contributed by atoms with Gasteiger partial charge >= 0.3 is 0 Å². The van der Waals surface area contributed by atoms with E-state index >= 15 is 0 Å². The van der Waals surface area contributed by atoms with Crippen molar-refractivity contribution in [2.75, 3.05) is 20.1 Å². The van der Waals surface area contributed by atoms with Crippen LogP contribution in [0.1, 0.15) is 18.3 Å². The summed E-state index contributed by atoms with van der Waals surface area (Å²) in [5.74, 6) is 0. The highest BCUT2D eigenvalue weighted by atomic mass is 32.2. The Morgan fingerprint density at radius 2 is 2.22 bits per heavy atom. The molecule has 1 aromatic heterocycles. The van der Waals surface area contributed by atoms with Gasteiger partial charge in [0.15, 0.2) is 0 Å². The van der Waals surface area contributed by atoms with Crippen LogP contribution in [0.5, 0.6) is 0 Å². The number of aromatic nitrogens is 2. The Morgan fingerprint density at radius 3 is 2.72 bits per heavy atom. The van der Waals surface area contributed by atoms with Gasteiger partial charge in [0.1, 0.15) is 4.90 Å². The van der Waals surface area contributed by atoms with E-state index in [0.717, 1.165) is 0 Å². The lowest BCUT2D eigenvalue weighted by atomic mass is 10.4. The largest absolute Gasteiger partial charge is 0.314 e. The molecule has 0 unspecified atom stereocenters. The van der Waals surface area contributed by atoms with Gasteiger partial charge in [0.25, 0.3) is 0 Å². The smallest absolute Gasteiger partial charge is 0.247 e. The summed E-state index contributed by atoms with van der Waals surface area (Å²) < 4.78 is 26.4. The summed E-state index contributed by atoms with van der Waals surface area (Å²) in [6.07, 6.45) is 1.58. The first-order valence-corrected chi connectivity index (χ1v) is 7.22. The maximum atomic E-state index is 12.5. The van der Waals surface area contributed by atoms with Crippen molar-refractivity contribution in [3.63, 3.8) is 0 Å². The van der Waals surface area contributed by atoms with Crippen molar-refractivity contribution in [3.8, 4) is 0 Å². The lowest BCUT2D eigenvalue weighted by Crippen LogP contribution is -2.32. The molecule has 0 spiro atoms. The highest BCUT2D eigenvalue weighted by Crippen LogP contribution is 2.21. The molecular formula is C11H20N4O2S. The van der Waals surface area contributed by atoms with E-state index in [0.29, 0.717) is 31.0 Å². The molecule has 0 aliphatic carbocycles. The lowest BCUT2D eigenvalue weighted by molar-refractivity contribution is 0.458. The molecule has 0 amide bonds. The van der Waals surface area contributed by atoms with Crippen LogP contribution >= 0.6 is 0 Å². The number of H-pyrrole nitrogens is 1. The molecular weight excluding hydrogens is 252 g/mol. The van der Waals surface area contributed by atoms with Crippen LogP contribution in [0.2, 0.25) is 0 Å². The van der Waals surface area contributed by atoms with E-state index in [9.17, 15) is 8.42 Å². The standard InChI is InChI=1S/C11H20N4O2S/c1-5-7-15(6-2)18(16,17)11-9(3)13-14-10(11)8-12-4/h5,12H,1,6-8H2,2-4H3,(H,13,14). The number of rotatable bonds is 7. The number of likely N-dealkylation sites (N-methyl/N-ethyl adjacent to an activating group) is 1. The van der Waals surface area contributed by atoms with Crippen LogP contribution in [-0.4, -0.2) is 43.1 Å². The summed E-state index contributed by atoms with van der Waals surface area (Å²) in [7, 11) is -1.77. The van der Waals surface area contributed by atoms with E-state index in [4.69, 9.17) is 0 Å². The molecule has 0 saturated heterocycles. The fraction of sp³-hybridized carbons (Fsp3) is 0.545. The zero-order valence-electron chi connectivity index (χ0n) is 11.0. The van der Waals surface area contributed by atoms with Gasteiger partial charge in [-0.1, -0.05) is 13.0 Å². The van der Waals surface area contributed by atoms with E-state index in [1.807, 2.05) is 0 Å². The normalized spacial score (nSPS) is 12.0. The maximum Gasteiger partial charge on any atom is 0.247 e. The molecule has 0 aliphatic heterocycles. The molecule has 102 valence electrons. The third kappa shape index (κ3) is 2.80. The predicted molar refractivity (Wildman–Crippen MR) is 70.7 cm³/mol. The second-order valence-electron chi connectivity index (χ2n) is 3.90. The highest BCUT2D eigenvalue weighted by molar-refractivity contribution is 7.89. The minimum Gasteiger partial charge on any atom is -0.314 e. The maximum absolute atomic E-state index is 12.5. The molecule has 0 radical (unpaired) electrons. The number of sulfonamides is 1. The summed E-state index contributed by atoms with van der Waals surface area (Å²) in [6, 6.07) is 0. The quantitative estimate of drug-likeness (QED) is 0.714. The van der Waals surface area contributed by atoms with E-state index in [1.165, 1.54) is 4.31 Å². The molecule has 0 aromatic carbocycles. The molecule has 0 bridgehead atoms. The first kappa shape index (κ1) is 14.9. The molecule has 1 aromatic rings. The topological polar surface area (TPSA) is 78.1 Å². The van der Waals surface area contributed by atoms with Crippen LogP contribution in [-0.2, 0) is 16.6 Å². The molecule has 0 saturated carbocycles. The first-order valence-electron chi connectivity index (χ1n) is 5.78. The molecule has 7 heteroatoms. The Morgan fingerprint density at radius 1 is 1.56 bits per heavy atom. The second-order valence-corrected chi connectivity index (χ2v) is 5.77. The van der Waals surface area contributed by atoms with Gasteiger partial charge in [0.2, 0.25) is 10.0 Å². The molecule has 0 fully saturated rings. The third-order valence-corrected chi connectivity index (χ3v) is 4.73. The highest BCUT2D eigenvalue weighted by Gasteiger charge is 2.28. The fourth-order valence-electron chi connectivity index (χ4n) is 1.77. The van der Waals surface area contributed by atoms with Crippen molar-refractivity contribution in [2.24, 2.45) is 0 Å². The molecule has 0 atom stereocenters. The molecule has 2 N–H and O–H groups in total. The Kier molecular flexibility index (Phi) is 5.06. The number of hydrogen-bond acceptors (Lipinski definition) is 4.